The van der Waals surface area contributed by atoms with Gasteiger partial charge in [0.05, 0.1) is 11.0 Å². The Morgan fingerprint density at radius 2 is 1.83 bits per heavy atom. The molecule has 0 bridgehead atoms. The van der Waals surface area contributed by atoms with Gasteiger partial charge in [0.25, 0.3) is 0 Å². The minimum atomic E-state index is 0.782. The monoisotopic (exact) mass is 492 g/mol. The molecule has 0 unspecified atom stereocenters. The molecule has 4 rings (SSSR count). The van der Waals surface area contributed by atoms with Gasteiger partial charge < -0.3 is 24.4 Å². The highest BCUT2D eigenvalue weighted by atomic mass is 16.1. The van der Waals surface area contributed by atoms with Crippen LogP contribution in [-0.2, 0) is 29.5 Å². The number of carbonyl (C=O) groups is 3. The number of benzene rings is 1. The molecule has 0 amide bonds. The lowest BCUT2D eigenvalue weighted by atomic mass is 10.1. The number of fused-ring (bicyclic) bond motifs is 2. The van der Waals surface area contributed by atoms with E-state index < -0.39 is 0 Å². The summed E-state index contributed by atoms with van der Waals surface area (Å²) in [5, 5.41) is 3.15. The molecular weight excluding hydrogens is 452 g/mol. The summed E-state index contributed by atoms with van der Waals surface area (Å²) in [4.78, 5) is 33.1. The highest BCUT2D eigenvalue weighted by Crippen LogP contribution is 2.26. The molecule has 1 N–H and O–H groups in total. The van der Waals surface area contributed by atoms with Gasteiger partial charge in [-0.05, 0) is 75.7 Å². The predicted octanol–water partition coefficient (Wildman–Crippen LogP) is 4.60. The second kappa shape index (κ2) is 18.5. The first-order valence-corrected chi connectivity index (χ1v) is 11.6. The number of aromatic nitrogens is 2. The summed E-state index contributed by atoms with van der Waals surface area (Å²) < 4.78 is 2.13. The fourth-order valence-corrected chi connectivity index (χ4v) is 3.74. The molecule has 7 heteroatoms. The van der Waals surface area contributed by atoms with E-state index >= 15 is 0 Å². The summed E-state index contributed by atoms with van der Waals surface area (Å²) in [7, 11) is 6.10. The van der Waals surface area contributed by atoms with Crippen molar-refractivity contribution in [1.29, 1.82) is 0 Å². The van der Waals surface area contributed by atoms with E-state index in [-0.39, 0.29) is 0 Å². The molecule has 0 spiro atoms. The number of likely N-dealkylation sites (N-methyl/N-ethyl adjacent to an activating group) is 1. The zero-order valence-electron chi connectivity index (χ0n) is 22.1. The summed E-state index contributed by atoms with van der Waals surface area (Å²) in [6.45, 7) is 15.4. The van der Waals surface area contributed by atoms with Crippen LogP contribution in [0.25, 0.3) is 11.0 Å². The van der Waals surface area contributed by atoms with Crippen molar-refractivity contribution in [3.63, 3.8) is 0 Å². The number of rotatable bonds is 6. The average molecular weight is 493 g/mol. The number of nitrogens with zero attached hydrogens (tertiary/aromatic N) is 3. The van der Waals surface area contributed by atoms with Crippen molar-refractivity contribution in [2.24, 2.45) is 7.05 Å². The van der Waals surface area contributed by atoms with Crippen LogP contribution in [0.2, 0.25) is 0 Å². The van der Waals surface area contributed by atoms with E-state index in [2.05, 4.69) is 59.3 Å². The molecule has 3 aromatic rings. The largest absolute Gasteiger partial charge is 0.374 e. The number of aldehydes is 1. The number of hydrogen-bond acceptors (Lipinski definition) is 6. The number of nitrogens with one attached hydrogen (secondary N) is 1. The molecule has 3 heterocycles. The summed E-state index contributed by atoms with van der Waals surface area (Å²) in [6.07, 6.45) is 9.65. The minimum Gasteiger partial charge on any atom is -0.374 e. The highest BCUT2D eigenvalue weighted by Gasteiger charge is 2.14. The first-order valence-electron chi connectivity index (χ1n) is 11.6. The van der Waals surface area contributed by atoms with E-state index in [4.69, 9.17) is 9.59 Å². The fourth-order valence-electron chi connectivity index (χ4n) is 3.74. The lowest BCUT2D eigenvalue weighted by Crippen LogP contribution is -2.12. The predicted molar refractivity (Wildman–Crippen MR) is 151 cm³/mol. The second-order valence-corrected chi connectivity index (χ2v) is 8.00. The summed E-state index contributed by atoms with van der Waals surface area (Å²) in [5.41, 5.74) is 8.14. The lowest BCUT2D eigenvalue weighted by molar-refractivity contribution is -0.0987. The van der Waals surface area contributed by atoms with Crippen molar-refractivity contribution in [1.82, 2.24) is 14.9 Å². The van der Waals surface area contributed by atoms with Crippen LogP contribution in [0.1, 0.15) is 34.8 Å². The molecule has 0 fully saturated rings. The maximum atomic E-state index is 10.5. The quantitative estimate of drug-likeness (QED) is 0.400. The Morgan fingerprint density at radius 1 is 1.17 bits per heavy atom. The van der Waals surface area contributed by atoms with Crippen molar-refractivity contribution in [3.05, 3.63) is 84.2 Å². The van der Waals surface area contributed by atoms with Gasteiger partial charge in [0.2, 0.25) is 0 Å². The van der Waals surface area contributed by atoms with Crippen LogP contribution in [0.5, 0.6) is 0 Å². The van der Waals surface area contributed by atoms with Crippen LogP contribution in [-0.4, -0.2) is 56.6 Å². The molecule has 36 heavy (non-hydrogen) atoms. The van der Waals surface area contributed by atoms with Crippen LogP contribution in [0.3, 0.4) is 0 Å². The molecule has 0 saturated carbocycles. The smallest absolute Gasteiger partial charge is 0.150 e. The lowest BCUT2D eigenvalue weighted by Gasteiger charge is -2.10. The van der Waals surface area contributed by atoms with E-state index in [9.17, 15) is 4.79 Å². The Balaban J connectivity index is 0.000000563. The number of anilines is 1. The van der Waals surface area contributed by atoms with Crippen molar-refractivity contribution in [3.8, 4) is 0 Å². The van der Waals surface area contributed by atoms with Crippen LogP contribution in [0.4, 0.5) is 5.69 Å². The molecular formula is C29H40N4O3. The van der Waals surface area contributed by atoms with Gasteiger partial charge in [-0.3, -0.25) is 9.78 Å². The van der Waals surface area contributed by atoms with Gasteiger partial charge in [-0.1, -0.05) is 18.2 Å². The molecule has 0 aliphatic carbocycles. The van der Waals surface area contributed by atoms with Crippen LogP contribution < -0.4 is 10.2 Å². The number of allylic oxidation sites excluding steroid dienone is 1. The third kappa shape index (κ3) is 9.80. The zero-order valence-corrected chi connectivity index (χ0v) is 22.1. The Kier molecular flexibility index (Phi) is 16.5. The van der Waals surface area contributed by atoms with Crippen LogP contribution in [0, 0.1) is 0 Å². The van der Waals surface area contributed by atoms with Gasteiger partial charge in [0, 0.05) is 49.8 Å². The molecule has 2 aromatic heterocycles. The summed E-state index contributed by atoms with van der Waals surface area (Å²) in [6, 6.07) is 9.94. The van der Waals surface area contributed by atoms with Crippen molar-refractivity contribution in [2.75, 3.05) is 32.1 Å². The Hall–Kier alpha value is -3.84. The number of hydrogen-bond donors (Lipinski definition) is 1. The molecule has 1 aliphatic rings. The van der Waals surface area contributed by atoms with Crippen molar-refractivity contribution in [2.45, 2.75) is 26.2 Å². The van der Waals surface area contributed by atoms with Crippen molar-refractivity contribution >= 4 is 36.6 Å². The molecule has 194 valence electrons. The fraction of sp³-hybridized carbons (Fsp3) is 0.310. The van der Waals surface area contributed by atoms with E-state index in [0.29, 0.717) is 0 Å². The van der Waals surface area contributed by atoms with Gasteiger partial charge in [-0.25, -0.2) is 0 Å². The maximum absolute atomic E-state index is 10.5. The summed E-state index contributed by atoms with van der Waals surface area (Å²) >= 11 is 0. The van der Waals surface area contributed by atoms with Gasteiger partial charge in [0.15, 0.2) is 0 Å². The molecule has 7 nitrogen and oxygen atoms in total. The number of aryl methyl sites for hydroxylation is 1. The Morgan fingerprint density at radius 3 is 2.44 bits per heavy atom. The van der Waals surface area contributed by atoms with E-state index in [0.717, 1.165) is 49.7 Å². The normalized spacial score (nSPS) is 10.6. The average Bonchev–Trinajstić information content (AvgIpc) is 3.45. The molecule has 0 radical (unpaired) electrons. The topological polar surface area (TPSA) is 84.3 Å². The second-order valence-electron chi connectivity index (χ2n) is 8.00. The third-order valence-corrected chi connectivity index (χ3v) is 5.36. The van der Waals surface area contributed by atoms with Gasteiger partial charge >= 0.3 is 0 Å². The molecule has 0 saturated heterocycles. The van der Waals surface area contributed by atoms with E-state index in [1.54, 1.807) is 6.08 Å². The number of pyridine rings is 1. The van der Waals surface area contributed by atoms with Crippen molar-refractivity contribution < 1.29 is 14.4 Å². The Labute approximate surface area is 215 Å². The first-order chi connectivity index (χ1) is 17.4. The van der Waals surface area contributed by atoms with E-state index in [1.807, 2.05) is 58.0 Å². The zero-order chi connectivity index (χ0) is 27.5. The SMILES string of the molecule is C=C(CCNC)Cc1cn(C)c2cccnc12.C=CC.C=O.C=O.CN1CCc2cc(C=O)ccc21. The number of carbonyl (C=O) groups excluding carboxylic acids is 3. The van der Waals surface area contributed by atoms with Crippen LogP contribution in [0.15, 0.2) is 67.5 Å². The Bertz CT molecular complexity index is 1090. The van der Waals surface area contributed by atoms with Gasteiger partial charge in [-0.2, -0.15) is 0 Å². The molecule has 0 atom stereocenters. The summed E-state index contributed by atoms with van der Waals surface area (Å²) in [5.74, 6) is 0. The van der Waals surface area contributed by atoms with E-state index in [1.165, 1.54) is 27.9 Å². The maximum Gasteiger partial charge on any atom is 0.150 e. The molecule has 1 aliphatic heterocycles. The van der Waals surface area contributed by atoms with Crippen LogP contribution >= 0.6 is 0 Å². The highest BCUT2D eigenvalue weighted by molar-refractivity contribution is 5.80. The van der Waals surface area contributed by atoms with Gasteiger partial charge in [-0.15, -0.1) is 6.58 Å². The molecule has 1 aromatic carbocycles. The minimum absolute atomic E-state index is 0.782. The standard InChI is InChI=1S/C14H19N3.C10H11NO.C3H6.2CH2O/c1-11(6-8-15-2)9-12-10-17(3)13-5-4-7-16-14(12)13;1-11-5-4-9-6-8(7-12)2-3-10(9)11;1-3-2;2*1-2/h4-5,7,10,15H,1,6,8-9H2,2-3H3;2-3,6-7H,4-5H2,1H3;3H,1H2,2H3;2*1H2. The first kappa shape index (κ1) is 32.2. The third-order valence-electron chi connectivity index (χ3n) is 5.36. The van der Waals surface area contributed by atoms with Gasteiger partial charge in [0.1, 0.15) is 19.9 Å².